The Morgan fingerprint density at radius 3 is 2.30 bits per heavy atom. The van der Waals surface area contributed by atoms with Gasteiger partial charge in [-0.25, -0.2) is 0 Å². The fourth-order valence-electron chi connectivity index (χ4n) is 2.11. The SMILES string of the molecule is CC(=O)NCc1ccc(C(=O)NCc2ccc(COCC(F)(F)F)cc2)s1. The first-order valence-electron chi connectivity index (χ1n) is 8.06. The Morgan fingerprint density at radius 1 is 1.00 bits per heavy atom. The molecule has 0 spiro atoms. The summed E-state index contributed by atoms with van der Waals surface area (Å²) in [6.45, 7) is 0.690. The third-order valence-electron chi connectivity index (χ3n) is 3.41. The van der Waals surface area contributed by atoms with Gasteiger partial charge in [-0.2, -0.15) is 13.2 Å². The molecular formula is C18H19F3N2O3S. The van der Waals surface area contributed by atoms with E-state index < -0.39 is 12.8 Å². The lowest BCUT2D eigenvalue weighted by Crippen LogP contribution is -2.21. The highest BCUT2D eigenvalue weighted by Gasteiger charge is 2.27. The molecule has 27 heavy (non-hydrogen) atoms. The molecule has 0 aliphatic heterocycles. The maximum absolute atomic E-state index is 12.2. The van der Waals surface area contributed by atoms with Crippen LogP contribution < -0.4 is 10.6 Å². The quantitative estimate of drug-likeness (QED) is 0.714. The van der Waals surface area contributed by atoms with Crippen molar-refractivity contribution in [1.82, 2.24) is 10.6 Å². The minimum atomic E-state index is -4.34. The monoisotopic (exact) mass is 400 g/mol. The van der Waals surface area contributed by atoms with Crippen molar-refractivity contribution >= 4 is 23.2 Å². The number of alkyl halides is 3. The molecule has 0 fully saturated rings. The van der Waals surface area contributed by atoms with Crippen LogP contribution in [0.3, 0.4) is 0 Å². The van der Waals surface area contributed by atoms with E-state index in [2.05, 4.69) is 15.4 Å². The Hall–Kier alpha value is -2.39. The van der Waals surface area contributed by atoms with Gasteiger partial charge < -0.3 is 15.4 Å². The number of rotatable bonds is 8. The summed E-state index contributed by atoms with van der Waals surface area (Å²) in [5, 5.41) is 5.45. The highest BCUT2D eigenvalue weighted by Crippen LogP contribution is 2.17. The molecule has 0 saturated carbocycles. The zero-order valence-electron chi connectivity index (χ0n) is 14.6. The lowest BCUT2D eigenvalue weighted by atomic mass is 10.1. The summed E-state index contributed by atoms with van der Waals surface area (Å²) < 4.78 is 40.7. The number of nitrogens with one attached hydrogen (secondary N) is 2. The second kappa shape index (κ2) is 9.52. The van der Waals surface area contributed by atoms with Crippen LogP contribution in [0.4, 0.5) is 13.2 Å². The van der Waals surface area contributed by atoms with E-state index in [4.69, 9.17) is 0 Å². The molecular weight excluding hydrogens is 381 g/mol. The van der Waals surface area contributed by atoms with E-state index in [1.807, 2.05) is 0 Å². The Balaban J connectivity index is 1.78. The summed E-state index contributed by atoms with van der Waals surface area (Å²) in [4.78, 5) is 24.5. The largest absolute Gasteiger partial charge is 0.411 e. The van der Waals surface area contributed by atoms with Crippen LogP contribution >= 0.6 is 11.3 Å². The summed E-state index contributed by atoms with van der Waals surface area (Å²) in [5.41, 5.74) is 1.44. The first-order valence-corrected chi connectivity index (χ1v) is 8.88. The number of halogens is 3. The number of thiophene rings is 1. The van der Waals surface area contributed by atoms with Crippen LogP contribution in [-0.4, -0.2) is 24.6 Å². The van der Waals surface area contributed by atoms with Crippen LogP contribution in [0.25, 0.3) is 0 Å². The van der Waals surface area contributed by atoms with Gasteiger partial charge in [0.2, 0.25) is 5.91 Å². The smallest absolute Gasteiger partial charge is 0.367 e. The zero-order valence-corrected chi connectivity index (χ0v) is 15.4. The average Bonchev–Trinajstić information content (AvgIpc) is 3.07. The van der Waals surface area contributed by atoms with Crippen LogP contribution in [0.1, 0.15) is 32.6 Å². The van der Waals surface area contributed by atoms with Crippen molar-refractivity contribution in [3.63, 3.8) is 0 Å². The lowest BCUT2D eigenvalue weighted by molar-refractivity contribution is -0.176. The van der Waals surface area contributed by atoms with Gasteiger partial charge in [0.1, 0.15) is 6.61 Å². The Kier molecular flexibility index (Phi) is 7.37. The zero-order chi connectivity index (χ0) is 19.9. The van der Waals surface area contributed by atoms with E-state index in [0.717, 1.165) is 10.4 Å². The highest BCUT2D eigenvalue weighted by atomic mass is 32.1. The molecule has 0 bridgehead atoms. The summed E-state index contributed by atoms with van der Waals surface area (Å²) in [6.07, 6.45) is -4.34. The summed E-state index contributed by atoms with van der Waals surface area (Å²) in [5.74, 6) is -0.367. The normalized spacial score (nSPS) is 11.3. The number of benzene rings is 1. The van der Waals surface area contributed by atoms with Crippen molar-refractivity contribution in [3.05, 3.63) is 57.3 Å². The van der Waals surface area contributed by atoms with Crippen LogP contribution in [-0.2, 0) is 29.2 Å². The number of ether oxygens (including phenoxy) is 1. The van der Waals surface area contributed by atoms with Gasteiger partial charge in [-0.15, -0.1) is 11.3 Å². The van der Waals surface area contributed by atoms with E-state index in [9.17, 15) is 22.8 Å². The first-order chi connectivity index (χ1) is 12.7. The maximum Gasteiger partial charge on any atom is 0.411 e. The predicted molar refractivity (Wildman–Crippen MR) is 95.2 cm³/mol. The third-order valence-corrected chi connectivity index (χ3v) is 4.49. The molecule has 1 aromatic heterocycles. The van der Waals surface area contributed by atoms with Crippen LogP contribution in [0, 0.1) is 0 Å². The number of hydrogen-bond donors (Lipinski definition) is 2. The van der Waals surface area contributed by atoms with Crippen molar-refractivity contribution in [2.45, 2.75) is 32.8 Å². The molecule has 9 heteroatoms. The molecule has 0 unspecified atom stereocenters. The fraction of sp³-hybridized carbons (Fsp3) is 0.333. The molecule has 0 saturated heterocycles. The van der Waals surface area contributed by atoms with Gasteiger partial charge in [-0.3, -0.25) is 9.59 Å². The molecule has 2 amide bonds. The molecule has 2 aromatic rings. The maximum atomic E-state index is 12.2. The molecule has 5 nitrogen and oxygen atoms in total. The molecule has 2 rings (SSSR count). The van der Waals surface area contributed by atoms with Gasteiger partial charge in [0.05, 0.1) is 18.0 Å². The Morgan fingerprint density at radius 2 is 1.67 bits per heavy atom. The van der Waals surface area contributed by atoms with Crippen molar-refractivity contribution in [3.8, 4) is 0 Å². The van der Waals surface area contributed by atoms with Gasteiger partial charge in [-0.05, 0) is 23.3 Å². The second-order valence-electron chi connectivity index (χ2n) is 5.78. The standard InChI is InChI=1S/C18H19F3N2O3S/c1-12(24)22-9-15-6-7-16(27-15)17(25)23-8-13-2-4-14(5-3-13)10-26-11-18(19,20)21/h2-7H,8-11H2,1H3,(H,22,24)(H,23,25). The third kappa shape index (κ3) is 7.79. The van der Waals surface area contributed by atoms with Crippen molar-refractivity contribution < 1.29 is 27.5 Å². The summed E-state index contributed by atoms with van der Waals surface area (Å²) in [6, 6.07) is 10.2. The number of carbonyl (C=O) groups excluding carboxylic acids is 2. The fourth-order valence-corrected chi connectivity index (χ4v) is 2.98. The second-order valence-corrected chi connectivity index (χ2v) is 6.95. The van der Waals surface area contributed by atoms with Gasteiger partial charge in [0, 0.05) is 18.3 Å². The van der Waals surface area contributed by atoms with E-state index in [0.29, 0.717) is 23.5 Å². The molecule has 0 radical (unpaired) electrons. The summed E-state index contributed by atoms with van der Waals surface area (Å²) >= 11 is 1.30. The van der Waals surface area contributed by atoms with Gasteiger partial charge in [-0.1, -0.05) is 24.3 Å². The highest BCUT2D eigenvalue weighted by molar-refractivity contribution is 7.14. The van der Waals surface area contributed by atoms with E-state index in [1.165, 1.54) is 18.3 Å². The van der Waals surface area contributed by atoms with Crippen LogP contribution in [0.5, 0.6) is 0 Å². The van der Waals surface area contributed by atoms with Crippen LogP contribution in [0.2, 0.25) is 0 Å². The molecule has 0 aliphatic carbocycles. The molecule has 1 heterocycles. The average molecular weight is 400 g/mol. The van der Waals surface area contributed by atoms with Gasteiger partial charge >= 0.3 is 6.18 Å². The first kappa shape index (κ1) is 20.9. The molecule has 2 N–H and O–H groups in total. The molecule has 0 atom stereocenters. The van der Waals surface area contributed by atoms with E-state index in [-0.39, 0.29) is 18.4 Å². The molecule has 1 aromatic carbocycles. The number of carbonyl (C=O) groups is 2. The van der Waals surface area contributed by atoms with Crippen molar-refractivity contribution in [1.29, 1.82) is 0 Å². The van der Waals surface area contributed by atoms with Crippen molar-refractivity contribution in [2.75, 3.05) is 6.61 Å². The van der Waals surface area contributed by atoms with Crippen molar-refractivity contribution in [2.24, 2.45) is 0 Å². The lowest BCUT2D eigenvalue weighted by Gasteiger charge is -2.08. The molecule has 0 aliphatic rings. The minimum absolute atomic E-state index is 0.127. The predicted octanol–water partition coefficient (Wildman–Crippen LogP) is 3.39. The molecule has 146 valence electrons. The number of hydrogen-bond acceptors (Lipinski definition) is 4. The minimum Gasteiger partial charge on any atom is -0.367 e. The van der Waals surface area contributed by atoms with Gasteiger partial charge in [0.25, 0.3) is 5.91 Å². The van der Waals surface area contributed by atoms with E-state index >= 15 is 0 Å². The topological polar surface area (TPSA) is 67.4 Å². The summed E-state index contributed by atoms with van der Waals surface area (Å²) in [7, 11) is 0. The van der Waals surface area contributed by atoms with Crippen LogP contribution in [0.15, 0.2) is 36.4 Å². The van der Waals surface area contributed by atoms with E-state index in [1.54, 1.807) is 36.4 Å². The Bertz CT molecular complexity index is 773. The number of amides is 2. The Labute approximate surface area is 158 Å². The van der Waals surface area contributed by atoms with Gasteiger partial charge in [0.15, 0.2) is 0 Å².